The second-order valence-corrected chi connectivity index (χ2v) is 2.73. The molecule has 72 valence electrons. The van der Waals surface area contributed by atoms with Crippen LogP contribution >= 0.6 is 12.4 Å². The van der Waals surface area contributed by atoms with E-state index in [0.717, 1.165) is 0 Å². The van der Waals surface area contributed by atoms with Gasteiger partial charge in [0.15, 0.2) is 17.4 Å². The highest BCUT2D eigenvalue weighted by molar-refractivity contribution is 5.85. The van der Waals surface area contributed by atoms with Crippen LogP contribution in [0, 0.1) is 0 Å². The summed E-state index contributed by atoms with van der Waals surface area (Å²) in [6, 6.07) is 20.8. The summed E-state index contributed by atoms with van der Waals surface area (Å²) in [5.41, 5.74) is 2.55. The van der Waals surface area contributed by atoms with E-state index in [1.807, 2.05) is 12.1 Å². The minimum atomic E-state index is 0. The Hall–Kier alpha value is -0.738. The van der Waals surface area contributed by atoms with E-state index < -0.39 is 0 Å². The van der Waals surface area contributed by atoms with Crippen molar-refractivity contribution in [3.05, 3.63) is 60.7 Å². The molecule has 0 atom stereocenters. The lowest BCUT2D eigenvalue weighted by atomic mass is 10.1. The van der Waals surface area contributed by atoms with Crippen LogP contribution in [0.1, 0.15) is 0 Å². The molecule has 0 aliphatic heterocycles. The SMILES string of the molecule is Cl.[AlH3].c1ccc(-c2ccccc2)cc1. The molecular formula is C12H14AlCl. The summed E-state index contributed by atoms with van der Waals surface area (Å²) >= 11 is 0. The van der Waals surface area contributed by atoms with Crippen LogP contribution in [0.15, 0.2) is 60.7 Å². The van der Waals surface area contributed by atoms with Crippen LogP contribution < -0.4 is 0 Å². The zero-order valence-electron chi connectivity index (χ0n) is 7.18. The molecule has 0 spiro atoms. The lowest BCUT2D eigenvalue weighted by molar-refractivity contribution is 1.62. The normalized spacial score (nSPS) is 8.29. The molecule has 0 saturated carbocycles. The van der Waals surface area contributed by atoms with Crippen molar-refractivity contribution in [1.82, 2.24) is 0 Å². The number of hydrogen-bond donors (Lipinski definition) is 0. The second-order valence-electron chi connectivity index (χ2n) is 2.73. The van der Waals surface area contributed by atoms with E-state index in [1.54, 1.807) is 0 Å². The topological polar surface area (TPSA) is 0 Å². The quantitative estimate of drug-likeness (QED) is 0.648. The molecule has 0 fully saturated rings. The van der Waals surface area contributed by atoms with Gasteiger partial charge in [0, 0.05) is 0 Å². The van der Waals surface area contributed by atoms with Gasteiger partial charge < -0.3 is 0 Å². The highest BCUT2D eigenvalue weighted by atomic mass is 35.5. The number of benzene rings is 2. The Balaban J connectivity index is 0.000000845. The third kappa shape index (κ3) is 3.20. The van der Waals surface area contributed by atoms with Gasteiger partial charge in [0.25, 0.3) is 0 Å². The van der Waals surface area contributed by atoms with Crippen LogP contribution in [0.2, 0.25) is 0 Å². The molecule has 2 heteroatoms. The second kappa shape index (κ2) is 6.68. The van der Waals surface area contributed by atoms with E-state index in [-0.39, 0.29) is 29.8 Å². The summed E-state index contributed by atoms with van der Waals surface area (Å²) in [4.78, 5) is 0. The summed E-state index contributed by atoms with van der Waals surface area (Å²) in [6.07, 6.45) is 0. The minimum absolute atomic E-state index is 0. The van der Waals surface area contributed by atoms with Crippen LogP contribution in [-0.2, 0) is 0 Å². The first kappa shape index (κ1) is 13.3. The molecule has 0 heterocycles. The molecule has 2 aromatic carbocycles. The fourth-order valence-electron chi connectivity index (χ4n) is 1.26. The molecule has 0 amide bonds. The molecule has 0 radical (unpaired) electrons. The molecule has 2 aromatic rings. The fraction of sp³-hybridized carbons (Fsp3) is 0. The molecule has 0 unspecified atom stereocenters. The van der Waals surface area contributed by atoms with E-state index in [2.05, 4.69) is 48.5 Å². The van der Waals surface area contributed by atoms with Crippen LogP contribution in [0.3, 0.4) is 0 Å². The van der Waals surface area contributed by atoms with E-state index in [1.165, 1.54) is 11.1 Å². The average Bonchev–Trinajstić information content (AvgIpc) is 2.21. The Bertz CT molecular complexity index is 308. The summed E-state index contributed by atoms with van der Waals surface area (Å²) < 4.78 is 0. The van der Waals surface area contributed by atoms with Crippen molar-refractivity contribution < 1.29 is 0 Å². The molecule has 0 aliphatic carbocycles. The van der Waals surface area contributed by atoms with E-state index in [4.69, 9.17) is 0 Å². The highest BCUT2D eigenvalue weighted by Gasteiger charge is 1.91. The molecule has 0 nitrogen and oxygen atoms in total. The van der Waals surface area contributed by atoms with E-state index >= 15 is 0 Å². The molecule has 0 aromatic heterocycles. The minimum Gasteiger partial charge on any atom is -0.147 e. The van der Waals surface area contributed by atoms with Crippen molar-refractivity contribution in [2.45, 2.75) is 0 Å². The van der Waals surface area contributed by atoms with Gasteiger partial charge in [-0.2, -0.15) is 0 Å². The number of halogens is 1. The van der Waals surface area contributed by atoms with Gasteiger partial charge in [-0.25, -0.2) is 0 Å². The van der Waals surface area contributed by atoms with E-state index in [0.29, 0.717) is 0 Å². The van der Waals surface area contributed by atoms with Crippen LogP contribution in [0.5, 0.6) is 0 Å². The van der Waals surface area contributed by atoms with Gasteiger partial charge in [-0.15, -0.1) is 12.4 Å². The number of rotatable bonds is 1. The van der Waals surface area contributed by atoms with Crippen molar-refractivity contribution in [2.24, 2.45) is 0 Å². The molecule has 2 rings (SSSR count). The number of hydrogen-bond acceptors (Lipinski definition) is 0. The summed E-state index contributed by atoms with van der Waals surface area (Å²) in [6.45, 7) is 0. The van der Waals surface area contributed by atoms with Crippen molar-refractivity contribution in [2.75, 3.05) is 0 Å². The first-order valence-corrected chi connectivity index (χ1v) is 4.07. The third-order valence-corrected chi connectivity index (χ3v) is 1.88. The van der Waals surface area contributed by atoms with Crippen LogP contribution in [0.4, 0.5) is 0 Å². The Kier molecular flexibility index (Phi) is 6.33. The molecule has 0 N–H and O–H groups in total. The first-order valence-electron chi connectivity index (χ1n) is 4.07. The van der Waals surface area contributed by atoms with Crippen molar-refractivity contribution >= 4 is 29.8 Å². The highest BCUT2D eigenvalue weighted by Crippen LogP contribution is 2.17. The molecular weight excluding hydrogens is 207 g/mol. The van der Waals surface area contributed by atoms with Crippen molar-refractivity contribution in [1.29, 1.82) is 0 Å². The first-order chi connectivity index (χ1) is 5.97. The Morgan fingerprint density at radius 3 is 1.07 bits per heavy atom. The van der Waals surface area contributed by atoms with E-state index in [9.17, 15) is 0 Å². The monoisotopic (exact) mass is 220 g/mol. The van der Waals surface area contributed by atoms with Gasteiger partial charge in [-0.1, -0.05) is 60.7 Å². The third-order valence-electron chi connectivity index (χ3n) is 1.88. The maximum Gasteiger partial charge on any atom is 0.187 e. The van der Waals surface area contributed by atoms with Crippen LogP contribution in [-0.4, -0.2) is 17.4 Å². The fourth-order valence-corrected chi connectivity index (χ4v) is 1.26. The molecule has 0 bridgehead atoms. The van der Waals surface area contributed by atoms with Crippen molar-refractivity contribution in [3.63, 3.8) is 0 Å². The van der Waals surface area contributed by atoms with Gasteiger partial charge >= 0.3 is 0 Å². The summed E-state index contributed by atoms with van der Waals surface area (Å²) in [5.74, 6) is 0. The molecule has 0 aliphatic rings. The predicted octanol–water partition coefficient (Wildman–Crippen LogP) is 2.59. The molecule has 0 saturated heterocycles. The average molecular weight is 221 g/mol. The van der Waals surface area contributed by atoms with Gasteiger partial charge in [-0.05, 0) is 11.1 Å². The summed E-state index contributed by atoms with van der Waals surface area (Å²) in [7, 11) is 0. The van der Waals surface area contributed by atoms with Crippen LogP contribution in [0.25, 0.3) is 11.1 Å². The Morgan fingerprint density at radius 2 is 0.786 bits per heavy atom. The smallest absolute Gasteiger partial charge is 0.147 e. The van der Waals surface area contributed by atoms with Crippen molar-refractivity contribution in [3.8, 4) is 11.1 Å². The molecule has 14 heavy (non-hydrogen) atoms. The lowest BCUT2D eigenvalue weighted by Gasteiger charge is -1.98. The maximum atomic E-state index is 2.12. The zero-order valence-corrected chi connectivity index (χ0v) is 8.00. The Labute approximate surface area is 102 Å². The van der Waals surface area contributed by atoms with Gasteiger partial charge in [-0.3, -0.25) is 0 Å². The van der Waals surface area contributed by atoms with Gasteiger partial charge in [0.2, 0.25) is 0 Å². The predicted molar refractivity (Wildman–Crippen MR) is 69.1 cm³/mol. The standard InChI is InChI=1S/C12H10.Al.ClH.3H/c1-3-7-11(8-4-1)12-9-5-2-6-10-12;;;;;/h1-10H;;1H;;;. The van der Waals surface area contributed by atoms with Gasteiger partial charge in [0.05, 0.1) is 0 Å². The summed E-state index contributed by atoms with van der Waals surface area (Å²) in [5, 5.41) is 0. The largest absolute Gasteiger partial charge is 0.187 e. The van der Waals surface area contributed by atoms with Gasteiger partial charge in [0.1, 0.15) is 0 Å². The zero-order chi connectivity index (χ0) is 8.23. The Morgan fingerprint density at radius 1 is 0.500 bits per heavy atom. The maximum absolute atomic E-state index is 2.12. The lowest BCUT2D eigenvalue weighted by Crippen LogP contribution is -1.73.